The molecule has 0 radical (unpaired) electrons. The molecule has 0 aliphatic carbocycles. The zero-order valence-corrected chi connectivity index (χ0v) is 13.5. The summed E-state index contributed by atoms with van der Waals surface area (Å²) in [4.78, 5) is 23.8. The summed E-state index contributed by atoms with van der Waals surface area (Å²) in [5, 5.41) is 3.01. The van der Waals surface area contributed by atoms with Crippen LogP contribution in [-0.4, -0.2) is 11.8 Å². The van der Waals surface area contributed by atoms with Crippen LogP contribution < -0.4 is 11.1 Å². The van der Waals surface area contributed by atoms with Gasteiger partial charge in [0.15, 0.2) is 0 Å². The van der Waals surface area contributed by atoms with E-state index in [0.29, 0.717) is 0 Å². The molecule has 0 spiro atoms. The maximum absolute atomic E-state index is 12.4. The molecule has 0 aromatic heterocycles. The number of amides is 2. The van der Waals surface area contributed by atoms with E-state index in [2.05, 4.69) is 5.32 Å². The van der Waals surface area contributed by atoms with Gasteiger partial charge in [-0.15, -0.1) is 0 Å². The van der Waals surface area contributed by atoms with Gasteiger partial charge >= 0.3 is 0 Å². The summed E-state index contributed by atoms with van der Waals surface area (Å²) in [7, 11) is 0. The zero-order chi connectivity index (χ0) is 16.9. The lowest BCUT2D eigenvalue weighted by Gasteiger charge is -2.24. The van der Waals surface area contributed by atoms with Gasteiger partial charge in [0.25, 0.3) is 0 Å². The van der Waals surface area contributed by atoms with Crippen LogP contribution in [0, 0.1) is 5.41 Å². The Morgan fingerprint density at radius 1 is 0.957 bits per heavy atom. The van der Waals surface area contributed by atoms with Crippen molar-refractivity contribution in [1.29, 1.82) is 0 Å². The van der Waals surface area contributed by atoms with E-state index in [4.69, 9.17) is 5.73 Å². The number of carbonyl (C=O) groups excluding carboxylic acids is 2. The molecule has 4 heteroatoms. The summed E-state index contributed by atoms with van der Waals surface area (Å²) in [6, 6.07) is 19.2. The van der Waals surface area contributed by atoms with Crippen molar-refractivity contribution in [3.8, 4) is 0 Å². The third-order valence-electron chi connectivity index (χ3n) is 3.84. The number of primary amides is 1. The molecule has 3 N–H and O–H groups in total. The quantitative estimate of drug-likeness (QED) is 0.861. The molecule has 0 heterocycles. The molecule has 2 rings (SSSR count). The molecule has 2 amide bonds. The largest absolute Gasteiger partial charge is 0.369 e. The fourth-order valence-corrected chi connectivity index (χ4v) is 2.35. The first-order valence-corrected chi connectivity index (χ1v) is 7.59. The van der Waals surface area contributed by atoms with Crippen LogP contribution in [0.2, 0.25) is 0 Å². The summed E-state index contributed by atoms with van der Waals surface area (Å²) >= 11 is 0. The molecule has 0 saturated heterocycles. The van der Waals surface area contributed by atoms with E-state index in [0.717, 1.165) is 11.1 Å². The molecule has 0 atom stereocenters. The van der Waals surface area contributed by atoms with Crippen LogP contribution in [0.25, 0.3) is 0 Å². The first kappa shape index (κ1) is 16.7. The Morgan fingerprint density at radius 2 is 1.39 bits per heavy atom. The van der Waals surface area contributed by atoms with Gasteiger partial charge in [0.2, 0.25) is 11.8 Å². The molecule has 0 fully saturated rings. The lowest BCUT2D eigenvalue weighted by atomic mass is 9.88. The summed E-state index contributed by atoms with van der Waals surface area (Å²) in [5.41, 5.74) is 6.46. The Labute approximate surface area is 136 Å². The molecular weight excluding hydrogens is 288 g/mol. The first-order chi connectivity index (χ1) is 10.9. The average molecular weight is 310 g/mol. The van der Waals surface area contributed by atoms with Crippen LogP contribution in [0.1, 0.15) is 37.4 Å². The van der Waals surface area contributed by atoms with Crippen LogP contribution in [0.5, 0.6) is 0 Å². The number of nitrogens with two attached hydrogens (primary N) is 1. The second-order valence-electron chi connectivity index (χ2n) is 6.25. The summed E-state index contributed by atoms with van der Waals surface area (Å²) in [5.74, 6) is -0.685. The number of hydrogen-bond donors (Lipinski definition) is 2. The van der Waals surface area contributed by atoms with Gasteiger partial charge in [-0.05, 0) is 11.1 Å². The minimum absolute atomic E-state index is 0.0541. The van der Waals surface area contributed by atoms with Gasteiger partial charge in [-0.25, -0.2) is 0 Å². The molecular formula is C19H22N2O2. The summed E-state index contributed by atoms with van der Waals surface area (Å²) in [6.07, 6.45) is 0.0541. The number of benzene rings is 2. The fourth-order valence-electron chi connectivity index (χ4n) is 2.35. The van der Waals surface area contributed by atoms with Crippen molar-refractivity contribution >= 4 is 11.8 Å². The molecule has 0 unspecified atom stereocenters. The lowest BCUT2D eigenvalue weighted by molar-refractivity contribution is -0.132. The van der Waals surface area contributed by atoms with Crippen LogP contribution in [0.15, 0.2) is 60.7 Å². The Bertz CT molecular complexity index is 627. The highest BCUT2D eigenvalue weighted by Gasteiger charge is 2.29. The number of rotatable bonds is 6. The SMILES string of the molecule is CC(C)(CC(=O)NC(c1ccccc1)c1ccccc1)C(N)=O. The zero-order valence-electron chi connectivity index (χ0n) is 13.5. The monoisotopic (exact) mass is 310 g/mol. The maximum atomic E-state index is 12.4. The number of hydrogen-bond acceptors (Lipinski definition) is 2. The van der Waals surface area contributed by atoms with E-state index in [1.807, 2.05) is 60.7 Å². The van der Waals surface area contributed by atoms with Crippen LogP contribution >= 0.6 is 0 Å². The lowest BCUT2D eigenvalue weighted by Crippen LogP contribution is -2.38. The van der Waals surface area contributed by atoms with Crippen molar-refractivity contribution < 1.29 is 9.59 Å². The van der Waals surface area contributed by atoms with E-state index in [1.54, 1.807) is 13.8 Å². The van der Waals surface area contributed by atoms with E-state index < -0.39 is 11.3 Å². The number of nitrogens with one attached hydrogen (secondary N) is 1. The van der Waals surface area contributed by atoms with Gasteiger partial charge in [0, 0.05) is 6.42 Å². The van der Waals surface area contributed by atoms with E-state index >= 15 is 0 Å². The van der Waals surface area contributed by atoms with Crippen LogP contribution in [0.4, 0.5) is 0 Å². The Morgan fingerprint density at radius 3 is 1.78 bits per heavy atom. The van der Waals surface area contributed by atoms with Gasteiger partial charge in [-0.3, -0.25) is 9.59 Å². The Balaban J connectivity index is 2.23. The van der Waals surface area contributed by atoms with Gasteiger partial charge in [0.05, 0.1) is 11.5 Å². The summed E-state index contributed by atoms with van der Waals surface area (Å²) in [6.45, 7) is 3.35. The van der Waals surface area contributed by atoms with Crippen LogP contribution in [0.3, 0.4) is 0 Å². The molecule has 0 aliphatic heterocycles. The molecule has 2 aromatic carbocycles. The third kappa shape index (κ3) is 4.42. The predicted molar refractivity (Wildman–Crippen MR) is 90.5 cm³/mol. The smallest absolute Gasteiger partial charge is 0.223 e. The van der Waals surface area contributed by atoms with E-state index in [9.17, 15) is 9.59 Å². The van der Waals surface area contributed by atoms with Crippen LogP contribution in [-0.2, 0) is 9.59 Å². The molecule has 0 bridgehead atoms. The van der Waals surface area contributed by atoms with Gasteiger partial charge in [0.1, 0.15) is 0 Å². The minimum atomic E-state index is -0.873. The molecule has 2 aromatic rings. The first-order valence-electron chi connectivity index (χ1n) is 7.59. The molecule has 120 valence electrons. The molecule has 0 aliphatic rings. The van der Waals surface area contributed by atoms with Gasteiger partial charge < -0.3 is 11.1 Å². The van der Waals surface area contributed by atoms with Crippen molar-refractivity contribution in [3.63, 3.8) is 0 Å². The Hall–Kier alpha value is -2.62. The normalized spacial score (nSPS) is 11.3. The van der Waals surface area contributed by atoms with E-state index in [-0.39, 0.29) is 18.4 Å². The third-order valence-corrected chi connectivity index (χ3v) is 3.84. The predicted octanol–water partition coefficient (Wildman–Crippen LogP) is 2.79. The van der Waals surface area contributed by atoms with Crippen molar-refractivity contribution in [2.75, 3.05) is 0 Å². The van der Waals surface area contributed by atoms with Crippen molar-refractivity contribution in [3.05, 3.63) is 71.8 Å². The average Bonchev–Trinajstić information content (AvgIpc) is 2.53. The highest BCUT2D eigenvalue weighted by atomic mass is 16.2. The van der Waals surface area contributed by atoms with Gasteiger partial charge in [-0.2, -0.15) is 0 Å². The minimum Gasteiger partial charge on any atom is -0.369 e. The highest BCUT2D eigenvalue weighted by molar-refractivity contribution is 5.87. The maximum Gasteiger partial charge on any atom is 0.223 e. The van der Waals surface area contributed by atoms with Crippen molar-refractivity contribution in [1.82, 2.24) is 5.32 Å². The fraction of sp³-hybridized carbons (Fsp3) is 0.263. The molecule has 0 saturated carbocycles. The topological polar surface area (TPSA) is 72.2 Å². The summed E-state index contributed by atoms with van der Waals surface area (Å²) < 4.78 is 0. The second-order valence-corrected chi connectivity index (χ2v) is 6.25. The van der Waals surface area contributed by atoms with Gasteiger partial charge in [-0.1, -0.05) is 74.5 Å². The Kier molecular flexibility index (Phi) is 5.16. The molecule has 4 nitrogen and oxygen atoms in total. The molecule has 23 heavy (non-hydrogen) atoms. The highest BCUT2D eigenvalue weighted by Crippen LogP contribution is 2.24. The standard InChI is InChI=1S/C19H22N2O2/c1-19(2,18(20)23)13-16(22)21-17(14-9-5-3-6-10-14)15-11-7-4-8-12-15/h3-12,17H,13H2,1-2H3,(H2,20,23)(H,21,22). The number of carbonyl (C=O) groups is 2. The van der Waals surface area contributed by atoms with E-state index in [1.165, 1.54) is 0 Å². The van der Waals surface area contributed by atoms with Crippen molar-refractivity contribution in [2.45, 2.75) is 26.3 Å². The second kappa shape index (κ2) is 7.09. The van der Waals surface area contributed by atoms with Crippen molar-refractivity contribution in [2.24, 2.45) is 11.1 Å².